The predicted octanol–water partition coefficient (Wildman–Crippen LogP) is -0.389. The van der Waals surface area contributed by atoms with Crippen molar-refractivity contribution in [1.82, 2.24) is 5.32 Å². The zero-order valence-electron chi connectivity index (χ0n) is 10.0. The summed E-state index contributed by atoms with van der Waals surface area (Å²) in [5, 5.41) is 20.7. The molecule has 0 rings (SSSR count). The van der Waals surface area contributed by atoms with Gasteiger partial charge in [-0.05, 0) is 27.8 Å². The van der Waals surface area contributed by atoms with Gasteiger partial charge in [0.15, 0.2) is 5.41 Å². The summed E-state index contributed by atoms with van der Waals surface area (Å²) in [6, 6.07) is 0. The molecule has 0 unspecified atom stereocenters. The highest BCUT2D eigenvalue weighted by molar-refractivity contribution is 5.99. The molecule has 0 aliphatic rings. The van der Waals surface area contributed by atoms with Crippen molar-refractivity contribution in [3.05, 3.63) is 0 Å². The number of hydrogen-bond acceptors (Lipinski definition) is 5. The van der Waals surface area contributed by atoms with Gasteiger partial charge >= 0.3 is 11.9 Å². The first-order valence-corrected chi connectivity index (χ1v) is 4.92. The molecule has 6 nitrogen and oxygen atoms in total. The zero-order valence-corrected chi connectivity index (χ0v) is 10.0. The van der Waals surface area contributed by atoms with Crippen LogP contribution >= 0.6 is 0 Å². The minimum Gasteiger partial charge on any atom is -0.480 e. The van der Waals surface area contributed by atoms with Crippen LogP contribution in [0.5, 0.6) is 0 Å². The Morgan fingerprint density at radius 1 is 1.31 bits per heavy atom. The molecule has 0 aromatic rings. The number of hydrogen-bond donors (Lipinski definition) is 3. The first-order chi connectivity index (χ1) is 7.19. The molecule has 0 radical (unpaired) electrons. The van der Waals surface area contributed by atoms with E-state index in [2.05, 4.69) is 5.32 Å². The largest absolute Gasteiger partial charge is 0.480 e. The van der Waals surface area contributed by atoms with Gasteiger partial charge in [0.25, 0.3) is 0 Å². The lowest BCUT2D eigenvalue weighted by Gasteiger charge is -2.29. The Morgan fingerprint density at radius 3 is 2.06 bits per heavy atom. The minimum atomic E-state index is -1.94. The lowest BCUT2D eigenvalue weighted by molar-refractivity contribution is -0.179. The van der Waals surface area contributed by atoms with E-state index < -0.39 is 29.6 Å². The minimum absolute atomic E-state index is 0.187. The maximum Gasteiger partial charge on any atom is 0.327 e. The fraction of sp³-hybridized carbons (Fsp3) is 0.800. The summed E-state index contributed by atoms with van der Waals surface area (Å²) < 4.78 is 4.99. The van der Waals surface area contributed by atoms with E-state index in [0.717, 1.165) is 0 Å². The summed E-state index contributed by atoms with van der Waals surface area (Å²) in [6.07, 6.45) is 0. The normalized spacial score (nSPS) is 15.3. The van der Waals surface area contributed by atoms with E-state index in [1.165, 1.54) is 7.05 Å². The summed E-state index contributed by atoms with van der Waals surface area (Å²) in [5.74, 6) is -2.34. The summed E-state index contributed by atoms with van der Waals surface area (Å²) in [7, 11) is 1.50. The molecule has 0 aromatic heterocycles. The summed E-state index contributed by atoms with van der Waals surface area (Å²) in [4.78, 5) is 22.8. The monoisotopic (exact) mass is 233 g/mol. The van der Waals surface area contributed by atoms with E-state index in [0.29, 0.717) is 0 Å². The third kappa shape index (κ3) is 3.46. The highest BCUT2D eigenvalue weighted by atomic mass is 16.6. The molecule has 6 heteroatoms. The summed E-state index contributed by atoms with van der Waals surface area (Å²) in [5.41, 5.74) is -2.73. The number of esters is 1. The average molecular weight is 233 g/mol. The van der Waals surface area contributed by atoms with E-state index in [4.69, 9.17) is 14.9 Å². The number of carboxylic acid groups (broad SMARTS) is 1. The van der Waals surface area contributed by atoms with Crippen LogP contribution in [0.3, 0.4) is 0 Å². The van der Waals surface area contributed by atoms with Crippen molar-refractivity contribution in [3.63, 3.8) is 0 Å². The standard InChI is InChI=1S/C10H19NO5/c1-9(2,3)16-8(15)10(6-12,5-11-4)7(13)14/h11-12H,5-6H2,1-4H3,(H,13,14)/t10-/m0/s1. The van der Waals surface area contributed by atoms with E-state index >= 15 is 0 Å². The molecular formula is C10H19NO5. The average Bonchev–Trinajstić information content (AvgIpc) is 2.10. The fourth-order valence-corrected chi connectivity index (χ4v) is 1.10. The molecule has 0 aliphatic carbocycles. The fourth-order valence-electron chi connectivity index (χ4n) is 1.10. The van der Waals surface area contributed by atoms with Crippen molar-refractivity contribution in [2.45, 2.75) is 26.4 Å². The second kappa shape index (κ2) is 5.27. The van der Waals surface area contributed by atoms with Gasteiger partial charge in [0.1, 0.15) is 5.60 Å². The van der Waals surface area contributed by atoms with Gasteiger partial charge in [-0.15, -0.1) is 0 Å². The number of carbonyl (C=O) groups excluding carboxylic acids is 1. The smallest absolute Gasteiger partial charge is 0.327 e. The third-order valence-electron chi connectivity index (χ3n) is 1.95. The Morgan fingerprint density at radius 2 is 1.81 bits per heavy atom. The number of nitrogens with one attached hydrogen (secondary N) is 1. The number of carboxylic acids is 1. The maximum atomic E-state index is 11.7. The van der Waals surface area contributed by atoms with E-state index in [1.807, 2.05) is 0 Å². The third-order valence-corrected chi connectivity index (χ3v) is 1.95. The molecule has 0 heterocycles. The van der Waals surface area contributed by atoms with Gasteiger partial charge in [0, 0.05) is 6.54 Å². The summed E-state index contributed by atoms with van der Waals surface area (Å²) in [6.45, 7) is 3.91. The maximum absolute atomic E-state index is 11.7. The number of aliphatic hydroxyl groups is 1. The first kappa shape index (κ1) is 14.9. The molecule has 3 N–H and O–H groups in total. The van der Waals surface area contributed by atoms with E-state index in [-0.39, 0.29) is 6.54 Å². The van der Waals surface area contributed by atoms with E-state index in [1.54, 1.807) is 20.8 Å². The van der Waals surface area contributed by atoms with Crippen molar-refractivity contribution in [2.24, 2.45) is 5.41 Å². The Kier molecular flexibility index (Phi) is 4.89. The van der Waals surface area contributed by atoms with Gasteiger partial charge in [-0.1, -0.05) is 0 Å². The van der Waals surface area contributed by atoms with Crippen LogP contribution in [0.4, 0.5) is 0 Å². The van der Waals surface area contributed by atoms with Crippen LogP contribution in [0.25, 0.3) is 0 Å². The van der Waals surface area contributed by atoms with Crippen molar-refractivity contribution in [1.29, 1.82) is 0 Å². The molecule has 94 valence electrons. The number of aliphatic carboxylic acids is 1. The number of ether oxygens (including phenoxy) is 1. The Balaban J connectivity index is 5.03. The Bertz CT molecular complexity index is 271. The summed E-state index contributed by atoms with van der Waals surface area (Å²) >= 11 is 0. The van der Waals surface area contributed by atoms with Crippen molar-refractivity contribution < 1.29 is 24.5 Å². The second-order valence-electron chi connectivity index (χ2n) is 4.58. The van der Waals surface area contributed by atoms with Crippen LogP contribution < -0.4 is 5.32 Å². The van der Waals surface area contributed by atoms with E-state index in [9.17, 15) is 9.59 Å². The molecule has 0 amide bonds. The van der Waals surface area contributed by atoms with Crippen LogP contribution in [0.1, 0.15) is 20.8 Å². The van der Waals surface area contributed by atoms with Gasteiger partial charge in [-0.3, -0.25) is 9.59 Å². The Hall–Kier alpha value is -1.14. The van der Waals surface area contributed by atoms with Crippen LogP contribution in [-0.4, -0.2) is 48.0 Å². The number of aliphatic hydroxyl groups excluding tert-OH is 1. The zero-order chi connectivity index (χ0) is 13.0. The molecule has 0 saturated carbocycles. The molecule has 0 aromatic carbocycles. The molecule has 0 aliphatic heterocycles. The van der Waals surface area contributed by atoms with Gasteiger partial charge in [-0.25, -0.2) is 0 Å². The second-order valence-corrected chi connectivity index (χ2v) is 4.58. The quantitative estimate of drug-likeness (QED) is 0.442. The van der Waals surface area contributed by atoms with Crippen LogP contribution in [-0.2, 0) is 14.3 Å². The molecule has 0 bridgehead atoms. The van der Waals surface area contributed by atoms with Crippen LogP contribution in [0.15, 0.2) is 0 Å². The number of carbonyl (C=O) groups is 2. The molecule has 0 saturated heterocycles. The highest BCUT2D eigenvalue weighted by Crippen LogP contribution is 2.22. The molecule has 0 spiro atoms. The lowest BCUT2D eigenvalue weighted by Crippen LogP contribution is -2.51. The molecular weight excluding hydrogens is 214 g/mol. The number of rotatable bonds is 5. The predicted molar refractivity (Wildman–Crippen MR) is 56.9 cm³/mol. The van der Waals surface area contributed by atoms with Gasteiger partial charge in [0.05, 0.1) is 6.61 Å². The molecule has 1 atom stereocenters. The lowest BCUT2D eigenvalue weighted by atomic mass is 9.89. The van der Waals surface area contributed by atoms with Crippen LogP contribution in [0, 0.1) is 5.41 Å². The van der Waals surface area contributed by atoms with Crippen molar-refractivity contribution >= 4 is 11.9 Å². The van der Waals surface area contributed by atoms with Crippen molar-refractivity contribution in [2.75, 3.05) is 20.2 Å². The van der Waals surface area contributed by atoms with Crippen molar-refractivity contribution in [3.8, 4) is 0 Å². The molecule has 0 fully saturated rings. The van der Waals surface area contributed by atoms with Gasteiger partial charge in [-0.2, -0.15) is 0 Å². The highest BCUT2D eigenvalue weighted by Gasteiger charge is 2.48. The SMILES string of the molecule is CNC[C@](CO)(C(=O)O)C(=O)OC(C)(C)C. The molecule has 16 heavy (non-hydrogen) atoms. The van der Waals surface area contributed by atoms with Gasteiger partial charge in [0.2, 0.25) is 0 Å². The Labute approximate surface area is 94.6 Å². The van der Waals surface area contributed by atoms with Gasteiger partial charge < -0.3 is 20.3 Å². The van der Waals surface area contributed by atoms with Crippen LogP contribution in [0.2, 0.25) is 0 Å². The first-order valence-electron chi connectivity index (χ1n) is 4.92. The topological polar surface area (TPSA) is 95.9 Å².